The summed E-state index contributed by atoms with van der Waals surface area (Å²) < 4.78 is 12.4. The normalized spacial score (nSPS) is 11.2. The molecule has 0 atom stereocenters. The molecule has 198 valence electrons. The van der Waals surface area contributed by atoms with Crippen molar-refractivity contribution in [3.63, 3.8) is 0 Å². The summed E-state index contributed by atoms with van der Waals surface area (Å²) in [5.41, 5.74) is 2.97. The summed E-state index contributed by atoms with van der Waals surface area (Å²) in [5, 5.41) is 7.79. The van der Waals surface area contributed by atoms with E-state index in [1.165, 1.54) is 7.11 Å². The average molecular weight is 507 g/mol. The van der Waals surface area contributed by atoms with E-state index in [4.69, 9.17) is 14.6 Å². The van der Waals surface area contributed by atoms with E-state index in [2.05, 4.69) is 26.1 Å². The Morgan fingerprint density at radius 1 is 1.05 bits per heavy atom. The van der Waals surface area contributed by atoms with Crippen LogP contribution in [0.25, 0.3) is 5.69 Å². The van der Waals surface area contributed by atoms with Gasteiger partial charge in [0, 0.05) is 24.1 Å². The van der Waals surface area contributed by atoms with Crippen LogP contribution in [0.2, 0.25) is 0 Å². The lowest BCUT2D eigenvalue weighted by Gasteiger charge is -2.23. The summed E-state index contributed by atoms with van der Waals surface area (Å²) in [4.78, 5) is 28.3. The molecule has 0 saturated heterocycles. The lowest BCUT2D eigenvalue weighted by Crippen LogP contribution is -2.39. The highest BCUT2D eigenvalue weighted by Crippen LogP contribution is 2.28. The molecule has 1 aromatic heterocycles. The van der Waals surface area contributed by atoms with Gasteiger partial charge in [-0.15, -0.1) is 0 Å². The Morgan fingerprint density at radius 3 is 2.43 bits per heavy atom. The predicted octanol–water partition coefficient (Wildman–Crippen LogP) is 5.38. The lowest BCUT2D eigenvalue weighted by molar-refractivity contribution is -0.117. The molecule has 1 heterocycles. The minimum atomic E-state index is -0.300. The lowest BCUT2D eigenvalue weighted by atomic mass is 9.92. The number of methoxy groups -OCH3 is 2. The van der Waals surface area contributed by atoms with Gasteiger partial charge < -0.3 is 19.7 Å². The second-order valence-electron chi connectivity index (χ2n) is 10.1. The van der Waals surface area contributed by atoms with Crippen LogP contribution in [0.5, 0.6) is 11.5 Å². The van der Waals surface area contributed by atoms with E-state index < -0.39 is 0 Å². The number of hydrogen-bond donors (Lipinski definition) is 1. The maximum Gasteiger partial charge on any atom is 0.258 e. The first-order chi connectivity index (χ1) is 17.6. The molecular weight excluding hydrogens is 468 g/mol. The summed E-state index contributed by atoms with van der Waals surface area (Å²) in [6, 6.07) is 14.9. The zero-order valence-electron chi connectivity index (χ0n) is 22.9. The van der Waals surface area contributed by atoms with Crippen molar-refractivity contribution in [2.75, 3.05) is 32.6 Å². The van der Waals surface area contributed by atoms with Crippen molar-refractivity contribution in [1.82, 2.24) is 14.7 Å². The monoisotopic (exact) mass is 506 g/mol. The Labute approximate surface area is 219 Å². The fraction of sp³-hybridized carbons (Fsp3) is 0.414. The third-order valence-electron chi connectivity index (χ3n) is 6.03. The van der Waals surface area contributed by atoms with Gasteiger partial charge in [-0.25, -0.2) is 4.68 Å². The summed E-state index contributed by atoms with van der Waals surface area (Å²) in [6.45, 7) is 10.6. The Balaban J connectivity index is 1.89. The van der Waals surface area contributed by atoms with Gasteiger partial charge in [-0.3, -0.25) is 9.59 Å². The van der Waals surface area contributed by atoms with E-state index in [9.17, 15) is 9.59 Å². The molecule has 0 bridgehead atoms. The van der Waals surface area contributed by atoms with Gasteiger partial charge in [0.15, 0.2) is 0 Å². The molecule has 0 aliphatic carbocycles. The van der Waals surface area contributed by atoms with E-state index >= 15 is 0 Å². The predicted molar refractivity (Wildman–Crippen MR) is 146 cm³/mol. The van der Waals surface area contributed by atoms with Crippen molar-refractivity contribution in [2.45, 2.75) is 52.9 Å². The minimum absolute atomic E-state index is 0.0993. The molecule has 0 aliphatic rings. The second-order valence-corrected chi connectivity index (χ2v) is 10.1. The zero-order valence-corrected chi connectivity index (χ0v) is 22.9. The van der Waals surface area contributed by atoms with Gasteiger partial charge >= 0.3 is 0 Å². The van der Waals surface area contributed by atoms with Crippen LogP contribution in [-0.2, 0) is 10.2 Å². The van der Waals surface area contributed by atoms with Gasteiger partial charge in [0.1, 0.15) is 23.9 Å². The van der Waals surface area contributed by atoms with Crippen molar-refractivity contribution in [1.29, 1.82) is 0 Å². The Bertz CT molecular complexity index is 1240. The molecule has 8 nitrogen and oxygen atoms in total. The molecule has 3 aromatic rings. The van der Waals surface area contributed by atoms with Crippen molar-refractivity contribution < 1.29 is 19.1 Å². The van der Waals surface area contributed by atoms with E-state index in [1.54, 1.807) is 34.9 Å². The van der Waals surface area contributed by atoms with Gasteiger partial charge in [0.25, 0.3) is 5.91 Å². The molecule has 0 unspecified atom stereocenters. The van der Waals surface area contributed by atoms with Gasteiger partial charge in [-0.05, 0) is 43.2 Å². The van der Waals surface area contributed by atoms with E-state index in [0.717, 1.165) is 29.8 Å². The molecule has 0 fully saturated rings. The number of benzene rings is 2. The molecule has 1 N–H and O–H groups in total. The number of aryl methyl sites for hydroxylation is 1. The Kier molecular flexibility index (Phi) is 8.97. The summed E-state index contributed by atoms with van der Waals surface area (Å²) in [6.07, 6.45) is 1.66. The van der Waals surface area contributed by atoms with Crippen LogP contribution in [0.4, 0.5) is 5.82 Å². The number of ether oxygens (including phenoxy) is 2. The van der Waals surface area contributed by atoms with E-state index in [1.807, 2.05) is 44.2 Å². The number of nitrogens with zero attached hydrogens (tertiary/aromatic N) is 3. The van der Waals surface area contributed by atoms with Gasteiger partial charge in [0.2, 0.25) is 5.91 Å². The van der Waals surface area contributed by atoms with Gasteiger partial charge in [0.05, 0.1) is 31.2 Å². The highest BCUT2D eigenvalue weighted by Gasteiger charge is 2.25. The van der Waals surface area contributed by atoms with Gasteiger partial charge in [-0.2, -0.15) is 5.10 Å². The summed E-state index contributed by atoms with van der Waals surface area (Å²) >= 11 is 0. The quantitative estimate of drug-likeness (QED) is 0.399. The molecule has 2 aromatic carbocycles. The Hall–Kier alpha value is -3.81. The number of hydrogen-bond acceptors (Lipinski definition) is 5. The fourth-order valence-corrected chi connectivity index (χ4v) is 3.90. The SMILES string of the molecule is CCCCN(CC(=O)Nc1cc(C(C)(C)C)nn1-c1cccc(C)c1)C(=O)c1ccc(OC)cc1OC. The number of carbonyl (C=O) groups excluding carboxylic acids is 2. The third-order valence-corrected chi connectivity index (χ3v) is 6.03. The fourth-order valence-electron chi connectivity index (χ4n) is 3.90. The third kappa shape index (κ3) is 6.90. The molecule has 8 heteroatoms. The number of rotatable bonds is 10. The van der Waals surface area contributed by atoms with Crippen LogP contribution < -0.4 is 14.8 Å². The van der Waals surface area contributed by atoms with E-state index in [0.29, 0.717) is 29.4 Å². The number of nitrogens with one attached hydrogen (secondary N) is 1. The highest BCUT2D eigenvalue weighted by atomic mass is 16.5. The maximum absolute atomic E-state index is 13.5. The van der Waals surface area contributed by atoms with Crippen LogP contribution >= 0.6 is 0 Å². The number of anilines is 1. The number of aromatic nitrogens is 2. The summed E-state index contributed by atoms with van der Waals surface area (Å²) in [7, 11) is 3.06. The van der Waals surface area contributed by atoms with Crippen molar-refractivity contribution in [2.24, 2.45) is 0 Å². The van der Waals surface area contributed by atoms with Crippen LogP contribution in [-0.4, -0.2) is 53.8 Å². The highest BCUT2D eigenvalue weighted by molar-refractivity contribution is 6.01. The molecular formula is C29H38N4O4. The molecule has 0 saturated carbocycles. The van der Waals surface area contributed by atoms with Crippen molar-refractivity contribution in [3.05, 3.63) is 65.4 Å². The molecule has 2 amide bonds. The molecule has 0 spiro atoms. The summed E-state index contributed by atoms with van der Waals surface area (Å²) in [5.74, 6) is 0.978. The van der Waals surface area contributed by atoms with Crippen LogP contribution in [0.15, 0.2) is 48.5 Å². The first-order valence-corrected chi connectivity index (χ1v) is 12.6. The van der Waals surface area contributed by atoms with Crippen molar-refractivity contribution >= 4 is 17.6 Å². The van der Waals surface area contributed by atoms with Gasteiger partial charge in [-0.1, -0.05) is 46.2 Å². The Morgan fingerprint density at radius 2 is 1.81 bits per heavy atom. The largest absolute Gasteiger partial charge is 0.497 e. The standard InChI is InChI=1S/C29H38N4O4/c1-8-9-15-32(28(35)23-14-13-22(36-6)17-24(23)37-7)19-27(34)30-26-18-25(29(3,4)5)31-33(26)21-12-10-11-20(2)16-21/h10-14,16-18H,8-9,15,19H2,1-7H3,(H,30,34). The zero-order chi connectivity index (χ0) is 27.2. The van der Waals surface area contributed by atoms with Crippen molar-refractivity contribution in [3.8, 4) is 17.2 Å². The first kappa shape index (κ1) is 27.8. The van der Waals surface area contributed by atoms with E-state index in [-0.39, 0.29) is 23.8 Å². The molecule has 37 heavy (non-hydrogen) atoms. The topological polar surface area (TPSA) is 85.7 Å². The second kappa shape index (κ2) is 12.0. The van der Waals surface area contributed by atoms with Crippen LogP contribution in [0.1, 0.15) is 62.2 Å². The average Bonchev–Trinajstić information content (AvgIpc) is 3.30. The minimum Gasteiger partial charge on any atom is -0.497 e. The molecule has 3 rings (SSSR count). The maximum atomic E-state index is 13.5. The molecule has 0 radical (unpaired) electrons. The smallest absolute Gasteiger partial charge is 0.258 e. The molecule has 0 aliphatic heterocycles. The number of carbonyl (C=O) groups is 2. The number of amides is 2. The van der Waals surface area contributed by atoms with Crippen LogP contribution in [0, 0.1) is 6.92 Å². The first-order valence-electron chi connectivity index (χ1n) is 12.6. The number of unbranched alkanes of at least 4 members (excludes halogenated alkanes) is 1. The van der Waals surface area contributed by atoms with Crippen LogP contribution in [0.3, 0.4) is 0 Å².